The average molecular weight is 486 g/mol. The van der Waals surface area contributed by atoms with E-state index in [-0.39, 0.29) is 5.41 Å². The summed E-state index contributed by atoms with van der Waals surface area (Å²) in [7, 11) is 0. The van der Waals surface area contributed by atoms with Crippen molar-refractivity contribution in [1.29, 1.82) is 0 Å². The van der Waals surface area contributed by atoms with E-state index in [1.165, 1.54) is 5.56 Å². The second-order valence-electron chi connectivity index (χ2n) is 7.94. The SMILES string of the molecule is CC1(C)C2=CC3=C4C(=CC(Br)=CC4O)C=C3C(O)C2=Cc2ccc(Br)cc21. The monoisotopic (exact) mass is 484 g/mol. The quantitative estimate of drug-likeness (QED) is 0.527. The molecular formula is C23H18Br2O2. The Hall–Kier alpha value is -1.46. The maximum Gasteiger partial charge on any atom is 0.105 e. The summed E-state index contributed by atoms with van der Waals surface area (Å²) in [5.41, 5.74) is 7.88. The smallest absolute Gasteiger partial charge is 0.105 e. The van der Waals surface area contributed by atoms with Crippen LogP contribution < -0.4 is 0 Å². The van der Waals surface area contributed by atoms with Crippen LogP contribution in [0.2, 0.25) is 0 Å². The van der Waals surface area contributed by atoms with Crippen LogP contribution in [0.25, 0.3) is 6.08 Å². The van der Waals surface area contributed by atoms with Gasteiger partial charge >= 0.3 is 0 Å². The van der Waals surface area contributed by atoms with Gasteiger partial charge in [-0.15, -0.1) is 0 Å². The van der Waals surface area contributed by atoms with Crippen molar-refractivity contribution in [1.82, 2.24) is 0 Å². The topological polar surface area (TPSA) is 40.5 Å². The third-order valence-electron chi connectivity index (χ3n) is 5.99. The molecule has 2 atom stereocenters. The normalized spacial score (nSPS) is 27.4. The van der Waals surface area contributed by atoms with Crippen molar-refractivity contribution in [2.24, 2.45) is 0 Å². The summed E-state index contributed by atoms with van der Waals surface area (Å²) < 4.78 is 1.91. The molecule has 2 unspecified atom stereocenters. The molecule has 0 radical (unpaired) electrons. The highest BCUT2D eigenvalue weighted by atomic mass is 79.9. The van der Waals surface area contributed by atoms with E-state index in [1.807, 2.05) is 18.2 Å². The van der Waals surface area contributed by atoms with Crippen LogP contribution in [0.1, 0.15) is 25.0 Å². The van der Waals surface area contributed by atoms with E-state index in [0.29, 0.717) is 0 Å². The zero-order valence-corrected chi connectivity index (χ0v) is 18.1. The Balaban J connectivity index is 1.78. The Morgan fingerprint density at radius 3 is 2.52 bits per heavy atom. The van der Waals surface area contributed by atoms with E-state index in [4.69, 9.17) is 0 Å². The van der Waals surface area contributed by atoms with Gasteiger partial charge in [-0.3, -0.25) is 0 Å². The Bertz CT molecular complexity index is 1090. The molecule has 2 nitrogen and oxygen atoms in total. The second-order valence-corrected chi connectivity index (χ2v) is 9.77. The van der Waals surface area contributed by atoms with Gasteiger partial charge in [0.15, 0.2) is 0 Å². The van der Waals surface area contributed by atoms with E-state index in [1.54, 1.807) is 6.08 Å². The van der Waals surface area contributed by atoms with Crippen LogP contribution in [0.15, 0.2) is 84.9 Å². The number of allylic oxidation sites excluding steroid dienone is 4. The van der Waals surface area contributed by atoms with Gasteiger partial charge in [-0.25, -0.2) is 0 Å². The molecule has 0 fully saturated rings. The lowest BCUT2D eigenvalue weighted by molar-refractivity contribution is 0.245. The van der Waals surface area contributed by atoms with Crippen LogP contribution in [0.5, 0.6) is 0 Å². The van der Waals surface area contributed by atoms with Crippen LogP contribution >= 0.6 is 31.9 Å². The molecule has 0 heterocycles. The minimum absolute atomic E-state index is 0.244. The second kappa shape index (κ2) is 5.77. The van der Waals surface area contributed by atoms with Gasteiger partial charge < -0.3 is 10.2 Å². The van der Waals surface area contributed by atoms with Gasteiger partial charge in [0.05, 0.1) is 6.10 Å². The maximum atomic E-state index is 11.2. The van der Waals surface area contributed by atoms with E-state index in [9.17, 15) is 10.2 Å². The van der Waals surface area contributed by atoms with Crippen LogP contribution in [-0.2, 0) is 5.41 Å². The van der Waals surface area contributed by atoms with Gasteiger partial charge in [-0.05, 0) is 87.1 Å². The number of fused-ring (bicyclic) bond motifs is 4. The number of hydrogen-bond acceptors (Lipinski definition) is 2. The lowest BCUT2D eigenvalue weighted by Gasteiger charge is -2.40. The van der Waals surface area contributed by atoms with E-state index < -0.39 is 12.2 Å². The van der Waals surface area contributed by atoms with Gasteiger partial charge in [0.2, 0.25) is 0 Å². The Morgan fingerprint density at radius 2 is 1.74 bits per heavy atom. The van der Waals surface area contributed by atoms with Gasteiger partial charge in [-0.1, -0.05) is 51.8 Å². The van der Waals surface area contributed by atoms with Crippen LogP contribution in [0.3, 0.4) is 0 Å². The molecule has 1 aromatic rings. The third-order valence-corrected chi connectivity index (χ3v) is 6.98. The minimum Gasteiger partial charge on any atom is -0.384 e. The predicted octanol–water partition coefficient (Wildman–Crippen LogP) is 5.24. The molecule has 4 aliphatic rings. The minimum atomic E-state index is -0.693. The first-order valence-corrected chi connectivity index (χ1v) is 10.5. The van der Waals surface area contributed by atoms with Crippen molar-refractivity contribution in [3.8, 4) is 0 Å². The van der Waals surface area contributed by atoms with E-state index >= 15 is 0 Å². The largest absolute Gasteiger partial charge is 0.384 e. The fourth-order valence-corrected chi connectivity index (χ4v) is 5.51. The number of aliphatic hydroxyl groups excluding tert-OH is 2. The van der Waals surface area contributed by atoms with Gasteiger partial charge in [0.25, 0.3) is 0 Å². The third kappa shape index (κ3) is 2.44. The van der Waals surface area contributed by atoms with Crippen LogP contribution in [-0.4, -0.2) is 22.4 Å². The van der Waals surface area contributed by atoms with Gasteiger partial charge in [0.1, 0.15) is 6.10 Å². The summed E-state index contributed by atoms with van der Waals surface area (Å²) in [4.78, 5) is 0. The zero-order valence-electron chi connectivity index (χ0n) is 14.9. The molecule has 0 saturated carbocycles. The van der Waals surface area contributed by atoms with E-state index in [2.05, 4.69) is 70.0 Å². The molecule has 4 aliphatic carbocycles. The summed E-state index contributed by atoms with van der Waals surface area (Å²) in [6.07, 6.45) is 8.70. The lowest BCUT2D eigenvalue weighted by Crippen LogP contribution is -2.33. The van der Waals surface area contributed by atoms with Crippen molar-refractivity contribution in [2.45, 2.75) is 31.5 Å². The van der Waals surface area contributed by atoms with Crippen molar-refractivity contribution in [3.63, 3.8) is 0 Å². The molecule has 136 valence electrons. The molecule has 0 aromatic heterocycles. The standard InChI is InChI=1S/C23H18Br2O2/c1-23(2)18-8-13(24)4-3-11(18)6-17-19(23)10-15-16(22(17)27)7-12-5-14(25)9-20(26)21(12)15/h3-10,20,22,26-27H,1-2H3. The Kier molecular flexibility index (Phi) is 3.77. The highest BCUT2D eigenvalue weighted by molar-refractivity contribution is 9.12. The first kappa shape index (κ1) is 17.6. The van der Waals surface area contributed by atoms with Crippen LogP contribution in [0, 0.1) is 0 Å². The summed E-state index contributed by atoms with van der Waals surface area (Å²) in [5.74, 6) is 0. The molecule has 1 aromatic carbocycles. The van der Waals surface area contributed by atoms with Crippen molar-refractivity contribution in [2.75, 3.05) is 0 Å². The van der Waals surface area contributed by atoms with Crippen molar-refractivity contribution < 1.29 is 10.2 Å². The molecule has 27 heavy (non-hydrogen) atoms. The highest BCUT2D eigenvalue weighted by Crippen LogP contribution is 2.52. The summed E-state index contributed by atoms with van der Waals surface area (Å²) in [5, 5.41) is 21.9. The van der Waals surface area contributed by atoms with Crippen molar-refractivity contribution >= 4 is 37.9 Å². The molecule has 0 amide bonds. The molecule has 0 spiro atoms. The zero-order chi connectivity index (χ0) is 19.1. The molecule has 2 N–H and O–H groups in total. The molecule has 0 aliphatic heterocycles. The first-order chi connectivity index (χ1) is 12.8. The first-order valence-electron chi connectivity index (χ1n) is 8.93. The van der Waals surface area contributed by atoms with Gasteiger partial charge in [-0.2, -0.15) is 0 Å². The van der Waals surface area contributed by atoms with Gasteiger partial charge in [0, 0.05) is 14.4 Å². The Labute approximate surface area is 175 Å². The number of aliphatic hydroxyl groups is 2. The fourth-order valence-electron chi connectivity index (χ4n) is 4.65. The summed E-state index contributed by atoms with van der Waals surface area (Å²) >= 11 is 7.05. The number of halogens is 2. The Morgan fingerprint density at radius 1 is 0.963 bits per heavy atom. The number of hydrogen-bond donors (Lipinski definition) is 2. The predicted molar refractivity (Wildman–Crippen MR) is 115 cm³/mol. The maximum absolute atomic E-state index is 11.2. The molecule has 5 rings (SSSR count). The highest BCUT2D eigenvalue weighted by Gasteiger charge is 2.42. The summed E-state index contributed by atoms with van der Waals surface area (Å²) in [6.45, 7) is 4.40. The summed E-state index contributed by atoms with van der Waals surface area (Å²) in [6, 6.07) is 6.30. The van der Waals surface area contributed by atoms with E-state index in [0.717, 1.165) is 48.0 Å². The molecule has 0 saturated heterocycles. The lowest BCUT2D eigenvalue weighted by atomic mass is 9.64. The molecule has 4 heteroatoms. The van der Waals surface area contributed by atoms with Crippen molar-refractivity contribution in [3.05, 3.63) is 96.0 Å². The molecular weight excluding hydrogens is 468 g/mol. The van der Waals surface area contributed by atoms with Crippen LogP contribution in [0.4, 0.5) is 0 Å². The average Bonchev–Trinajstić information content (AvgIpc) is 2.96. The number of benzene rings is 1. The number of rotatable bonds is 0. The molecule has 0 bridgehead atoms. The fraction of sp³-hybridized carbons (Fsp3) is 0.217.